The van der Waals surface area contributed by atoms with E-state index in [0.29, 0.717) is 5.25 Å². The summed E-state index contributed by atoms with van der Waals surface area (Å²) in [6.07, 6.45) is 3.46. The van der Waals surface area contributed by atoms with Gasteiger partial charge in [0.25, 0.3) is 0 Å². The van der Waals surface area contributed by atoms with Crippen LogP contribution < -0.4 is 5.73 Å². The zero-order valence-corrected chi connectivity index (χ0v) is 8.77. The highest BCUT2D eigenvalue weighted by molar-refractivity contribution is 8.00. The molecule has 0 amide bonds. The number of hydrogen-bond donors (Lipinski definition) is 1. The third-order valence-electron chi connectivity index (χ3n) is 2.59. The Morgan fingerprint density at radius 2 is 2.21 bits per heavy atom. The summed E-state index contributed by atoms with van der Waals surface area (Å²) in [6, 6.07) is 7.02. The minimum Gasteiger partial charge on any atom is -0.327 e. The summed E-state index contributed by atoms with van der Waals surface area (Å²) in [6.45, 7) is 0. The Kier molecular flexibility index (Phi) is 3.08. The molecule has 1 aromatic carbocycles. The van der Waals surface area contributed by atoms with Gasteiger partial charge in [0, 0.05) is 16.2 Å². The van der Waals surface area contributed by atoms with Crippen molar-refractivity contribution in [3.8, 4) is 0 Å². The minimum atomic E-state index is -0.165. The monoisotopic (exact) mass is 211 g/mol. The van der Waals surface area contributed by atoms with Crippen molar-refractivity contribution in [2.75, 3.05) is 0 Å². The van der Waals surface area contributed by atoms with Crippen LogP contribution in [0.3, 0.4) is 0 Å². The second kappa shape index (κ2) is 4.32. The summed E-state index contributed by atoms with van der Waals surface area (Å²) in [5.74, 6) is -0.165. The van der Waals surface area contributed by atoms with Crippen molar-refractivity contribution in [1.82, 2.24) is 0 Å². The normalized spacial score (nSPS) is 26.7. The van der Waals surface area contributed by atoms with E-state index in [-0.39, 0.29) is 11.9 Å². The number of hydrogen-bond acceptors (Lipinski definition) is 2. The molecular formula is C11H14FNS. The standard InChI is InChI=1S/C11H14FNS/c12-8-3-1-4-9(7-8)14-11-6-2-5-10(11)13/h1,3-4,7,10-11H,2,5-6,13H2. The summed E-state index contributed by atoms with van der Waals surface area (Å²) < 4.78 is 12.9. The molecule has 1 aliphatic rings. The lowest BCUT2D eigenvalue weighted by Crippen LogP contribution is -2.26. The van der Waals surface area contributed by atoms with Crippen LogP contribution in [0.15, 0.2) is 29.2 Å². The van der Waals surface area contributed by atoms with Gasteiger partial charge in [-0.15, -0.1) is 11.8 Å². The van der Waals surface area contributed by atoms with Crippen LogP contribution in [0.25, 0.3) is 0 Å². The van der Waals surface area contributed by atoms with E-state index in [4.69, 9.17) is 5.73 Å². The molecule has 1 aliphatic carbocycles. The average Bonchev–Trinajstić information content (AvgIpc) is 2.52. The highest BCUT2D eigenvalue weighted by Crippen LogP contribution is 2.34. The predicted molar refractivity (Wildman–Crippen MR) is 57.9 cm³/mol. The highest BCUT2D eigenvalue weighted by Gasteiger charge is 2.24. The maximum Gasteiger partial charge on any atom is 0.124 e. The Labute approximate surface area is 87.9 Å². The van der Waals surface area contributed by atoms with Crippen molar-refractivity contribution in [3.05, 3.63) is 30.1 Å². The van der Waals surface area contributed by atoms with Crippen LogP contribution in [0, 0.1) is 5.82 Å². The molecule has 0 saturated heterocycles. The molecule has 0 spiro atoms. The van der Waals surface area contributed by atoms with Gasteiger partial charge in [0.1, 0.15) is 5.82 Å². The van der Waals surface area contributed by atoms with Crippen molar-refractivity contribution < 1.29 is 4.39 Å². The van der Waals surface area contributed by atoms with Gasteiger partial charge in [-0.25, -0.2) is 4.39 Å². The number of thioether (sulfide) groups is 1. The highest BCUT2D eigenvalue weighted by atomic mass is 32.2. The van der Waals surface area contributed by atoms with Gasteiger partial charge >= 0.3 is 0 Å². The second-order valence-corrected chi connectivity index (χ2v) is 5.02. The number of rotatable bonds is 2. The SMILES string of the molecule is NC1CCCC1Sc1cccc(F)c1. The third-order valence-corrected chi connectivity index (χ3v) is 4.00. The van der Waals surface area contributed by atoms with Gasteiger partial charge in [0.05, 0.1) is 0 Å². The van der Waals surface area contributed by atoms with E-state index in [0.717, 1.165) is 17.7 Å². The Hall–Kier alpha value is -0.540. The fraction of sp³-hybridized carbons (Fsp3) is 0.455. The zero-order valence-electron chi connectivity index (χ0n) is 7.95. The number of halogens is 1. The largest absolute Gasteiger partial charge is 0.327 e. The molecule has 2 unspecified atom stereocenters. The average molecular weight is 211 g/mol. The first-order valence-electron chi connectivity index (χ1n) is 4.93. The molecule has 0 aliphatic heterocycles. The molecule has 3 heteroatoms. The molecule has 76 valence electrons. The van der Waals surface area contributed by atoms with Crippen molar-refractivity contribution in [3.63, 3.8) is 0 Å². The first kappa shape index (κ1) is 9.99. The number of benzene rings is 1. The van der Waals surface area contributed by atoms with Crippen LogP contribution in [-0.4, -0.2) is 11.3 Å². The van der Waals surface area contributed by atoms with Crippen LogP contribution in [0.2, 0.25) is 0 Å². The summed E-state index contributed by atoms with van der Waals surface area (Å²) >= 11 is 1.71. The smallest absolute Gasteiger partial charge is 0.124 e. The van der Waals surface area contributed by atoms with Crippen LogP contribution in [0.5, 0.6) is 0 Å². The Morgan fingerprint density at radius 3 is 2.86 bits per heavy atom. The first-order valence-corrected chi connectivity index (χ1v) is 5.81. The molecule has 0 aromatic heterocycles. The molecule has 0 radical (unpaired) electrons. The van der Waals surface area contributed by atoms with Crippen LogP contribution in [0.4, 0.5) is 4.39 Å². The maximum absolute atomic E-state index is 12.9. The lowest BCUT2D eigenvalue weighted by molar-refractivity contribution is 0.624. The van der Waals surface area contributed by atoms with Gasteiger partial charge in [-0.05, 0) is 31.0 Å². The fourth-order valence-corrected chi connectivity index (χ4v) is 3.10. The Bertz CT molecular complexity index is 316. The van der Waals surface area contributed by atoms with Gasteiger partial charge in [-0.3, -0.25) is 0 Å². The van der Waals surface area contributed by atoms with Gasteiger partial charge in [-0.2, -0.15) is 0 Å². The molecule has 1 saturated carbocycles. The zero-order chi connectivity index (χ0) is 9.97. The molecule has 2 N–H and O–H groups in total. The van der Waals surface area contributed by atoms with Crippen LogP contribution in [-0.2, 0) is 0 Å². The van der Waals surface area contributed by atoms with E-state index in [2.05, 4.69) is 0 Å². The molecule has 0 bridgehead atoms. The van der Waals surface area contributed by atoms with E-state index in [1.54, 1.807) is 23.9 Å². The summed E-state index contributed by atoms with van der Waals surface area (Å²) in [5, 5.41) is 0.469. The lowest BCUT2D eigenvalue weighted by atomic mass is 10.3. The quantitative estimate of drug-likeness (QED) is 0.814. The topological polar surface area (TPSA) is 26.0 Å². The van der Waals surface area contributed by atoms with E-state index in [9.17, 15) is 4.39 Å². The Morgan fingerprint density at radius 1 is 1.36 bits per heavy atom. The van der Waals surface area contributed by atoms with Crippen molar-refractivity contribution in [2.45, 2.75) is 35.4 Å². The molecule has 1 fully saturated rings. The van der Waals surface area contributed by atoms with Gasteiger partial charge < -0.3 is 5.73 Å². The molecule has 14 heavy (non-hydrogen) atoms. The van der Waals surface area contributed by atoms with Crippen molar-refractivity contribution >= 4 is 11.8 Å². The van der Waals surface area contributed by atoms with E-state index < -0.39 is 0 Å². The number of nitrogens with two attached hydrogens (primary N) is 1. The van der Waals surface area contributed by atoms with E-state index in [1.165, 1.54) is 12.5 Å². The second-order valence-electron chi connectivity index (χ2n) is 3.71. The fourth-order valence-electron chi connectivity index (χ4n) is 1.82. The summed E-state index contributed by atoms with van der Waals surface area (Å²) in [7, 11) is 0. The van der Waals surface area contributed by atoms with Crippen molar-refractivity contribution in [2.24, 2.45) is 5.73 Å². The summed E-state index contributed by atoms with van der Waals surface area (Å²) in [5.41, 5.74) is 5.95. The molecular weight excluding hydrogens is 197 g/mol. The maximum atomic E-state index is 12.9. The minimum absolute atomic E-state index is 0.165. The lowest BCUT2D eigenvalue weighted by Gasteiger charge is -2.14. The molecule has 1 nitrogen and oxygen atoms in total. The summed E-state index contributed by atoms with van der Waals surface area (Å²) in [4.78, 5) is 0.993. The first-order chi connectivity index (χ1) is 6.75. The van der Waals surface area contributed by atoms with Gasteiger partial charge in [0.2, 0.25) is 0 Å². The molecule has 1 aromatic rings. The van der Waals surface area contributed by atoms with Gasteiger partial charge in [0.15, 0.2) is 0 Å². The van der Waals surface area contributed by atoms with E-state index in [1.807, 2.05) is 6.07 Å². The molecule has 2 rings (SSSR count). The Balaban J connectivity index is 2.03. The van der Waals surface area contributed by atoms with Gasteiger partial charge in [-0.1, -0.05) is 12.5 Å². The predicted octanol–water partition coefficient (Wildman–Crippen LogP) is 2.80. The van der Waals surface area contributed by atoms with Crippen molar-refractivity contribution in [1.29, 1.82) is 0 Å². The third kappa shape index (κ3) is 2.28. The molecule has 2 atom stereocenters. The van der Waals surface area contributed by atoms with E-state index >= 15 is 0 Å². The van der Waals surface area contributed by atoms with Crippen LogP contribution in [0.1, 0.15) is 19.3 Å². The molecule has 0 heterocycles. The van der Waals surface area contributed by atoms with Crippen LogP contribution >= 0.6 is 11.8 Å².